The van der Waals surface area contributed by atoms with E-state index in [1.807, 2.05) is 6.07 Å². The van der Waals surface area contributed by atoms with E-state index < -0.39 is 31.9 Å². The number of nitriles is 1. The van der Waals surface area contributed by atoms with Crippen molar-refractivity contribution in [2.24, 2.45) is 0 Å². The summed E-state index contributed by atoms with van der Waals surface area (Å²) in [4.78, 5) is 8.87. The molecule has 1 N–H and O–H groups in total. The highest BCUT2D eigenvalue weighted by molar-refractivity contribution is 6.76. The molecule has 0 saturated heterocycles. The predicted molar refractivity (Wildman–Crippen MR) is 159 cm³/mol. The van der Waals surface area contributed by atoms with Gasteiger partial charge in [-0.15, -0.1) is 0 Å². The van der Waals surface area contributed by atoms with Gasteiger partial charge in [-0.3, -0.25) is 0 Å². The van der Waals surface area contributed by atoms with Crippen LogP contribution in [0.15, 0.2) is 36.7 Å². The monoisotopic (exact) mass is 610 g/mol. The van der Waals surface area contributed by atoms with Gasteiger partial charge in [-0.2, -0.15) is 10.4 Å². The minimum atomic E-state index is -2.93. The third-order valence-electron chi connectivity index (χ3n) is 7.05. The van der Waals surface area contributed by atoms with Gasteiger partial charge in [-0.1, -0.05) is 19.6 Å². The first-order valence-electron chi connectivity index (χ1n) is 14.1. The van der Waals surface area contributed by atoms with Gasteiger partial charge in [0.15, 0.2) is 0 Å². The van der Waals surface area contributed by atoms with E-state index in [1.54, 1.807) is 42.8 Å². The molecule has 10 nitrogen and oxygen atoms in total. The number of hydrogen-bond donors (Lipinski definition) is 1. The Hall–Kier alpha value is -3.70. The zero-order valence-corrected chi connectivity index (χ0v) is 26.0. The normalized spacial score (nSPS) is 15.5. The third kappa shape index (κ3) is 6.62. The SMILES string of the molecule is CC(C)(O)COC1COc2c(-c3c(-c4cccnc4C#N)c4cccnc4n3COCC[Si](C)(C)C)c(C(F)F)nn2C1. The molecule has 4 aromatic rings. The molecule has 43 heavy (non-hydrogen) atoms. The summed E-state index contributed by atoms with van der Waals surface area (Å²) in [5, 5.41) is 25.0. The van der Waals surface area contributed by atoms with Crippen LogP contribution < -0.4 is 4.74 Å². The van der Waals surface area contributed by atoms with Crippen LogP contribution in [0.1, 0.15) is 31.7 Å². The van der Waals surface area contributed by atoms with Crippen molar-refractivity contribution in [2.75, 3.05) is 19.8 Å². The topological polar surface area (TPSA) is 120 Å². The lowest BCUT2D eigenvalue weighted by atomic mass is 9.97. The molecule has 1 aliphatic heterocycles. The summed E-state index contributed by atoms with van der Waals surface area (Å²) < 4.78 is 50.8. The van der Waals surface area contributed by atoms with Crippen LogP contribution in [0.4, 0.5) is 8.78 Å². The Kier molecular flexibility index (Phi) is 8.67. The number of fused-ring (bicyclic) bond motifs is 2. The molecule has 0 aromatic carbocycles. The van der Waals surface area contributed by atoms with E-state index in [1.165, 1.54) is 10.9 Å². The van der Waals surface area contributed by atoms with Gasteiger partial charge in [0.1, 0.15) is 42.5 Å². The molecule has 1 atom stereocenters. The second kappa shape index (κ2) is 12.1. The van der Waals surface area contributed by atoms with Crippen LogP contribution in [0.25, 0.3) is 33.4 Å². The molecule has 5 rings (SSSR count). The van der Waals surface area contributed by atoms with Crippen molar-refractivity contribution in [3.05, 3.63) is 48.0 Å². The fourth-order valence-corrected chi connectivity index (χ4v) is 5.77. The minimum absolute atomic E-state index is 0.0418. The summed E-state index contributed by atoms with van der Waals surface area (Å²) in [5.74, 6) is 0.160. The molecule has 0 amide bonds. The Labute approximate surface area is 249 Å². The number of hydrogen-bond acceptors (Lipinski definition) is 8. The highest BCUT2D eigenvalue weighted by Gasteiger charge is 2.36. The molecule has 228 valence electrons. The molecule has 0 radical (unpaired) electrons. The molecular weight excluding hydrogens is 574 g/mol. The Morgan fingerprint density at radius 3 is 2.63 bits per heavy atom. The fourth-order valence-electron chi connectivity index (χ4n) is 5.01. The van der Waals surface area contributed by atoms with E-state index in [9.17, 15) is 19.1 Å². The number of aromatic nitrogens is 5. The van der Waals surface area contributed by atoms with Crippen LogP contribution in [0, 0.1) is 11.3 Å². The molecule has 0 bridgehead atoms. The van der Waals surface area contributed by atoms with Crippen molar-refractivity contribution in [1.82, 2.24) is 24.3 Å². The van der Waals surface area contributed by atoms with Gasteiger partial charge in [0.2, 0.25) is 5.88 Å². The average molecular weight is 611 g/mol. The molecule has 0 aliphatic carbocycles. The molecule has 0 saturated carbocycles. The van der Waals surface area contributed by atoms with E-state index >= 15 is 0 Å². The Balaban J connectivity index is 1.71. The average Bonchev–Trinajstić information content (AvgIpc) is 3.48. The van der Waals surface area contributed by atoms with Crippen molar-refractivity contribution >= 4 is 19.1 Å². The van der Waals surface area contributed by atoms with Crippen LogP contribution in [0.3, 0.4) is 0 Å². The number of nitrogens with zero attached hydrogens (tertiary/aromatic N) is 6. The van der Waals surface area contributed by atoms with Gasteiger partial charge in [0.05, 0.1) is 30.0 Å². The summed E-state index contributed by atoms with van der Waals surface area (Å²) >= 11 is 0. The minimum Gasteiger partial charge on any atom is -0.474 e. The quantitative estimate of drug-likeness (QED) is 0.171. The molecule has 13 heteroatoms. The summed E-state index contributed by atoms with van der Waals surface area (Å²) in [6, 6.07) is 10.1. The molecule has 4 aromatic heterocycles. The Morgan fingerprint density at radius 2 is 1.93 bits per heavy atom. The zero-order valence-electron chi connectivity index (χ0n) is 25.0. The van der Waals surface area contributed by atoms with Crippen molar-refractivity contribution in [3.8, 4) is 34.3 Å². The second-order valence-electron chi connectivity index (χ2n) is 12.5. The van der Waals surface area contributed by atoms with Crippen molar-refractivity contribution < 1.29 is 28.1 Å². The summed E-state index contributed by atoms with van der Waals surface area (Å²) in [5.41, 5.74) is 0.577. The molecule has 1 unspecified atom stereocenters. The van der Waals surface area contributed by atoms with Crippen LogP contribution >= 0.6 is 0 Å². The summed E-state index contributed by atoms with van der Waals surface area (Å²) in [6.45, 7) is 10.8. The van der Waals surface area contributed by atoms with Crippen molar-refractivity contribution in [2.45, 2.75) is 70.9 Å². The Bertz CT molecular complexity index is 1650. The lowest BCUT2D eigenvalue weighted by Crippen LogP contribution is -2.37. The number of ether oxygens (including phenoxy) is 3. The van der Waals surface area contributed by atoms with Crippen molar-refractivity contribution in [1.29, 1.82) is 5.26 Å². The van der Waals surface area contributed by atoms with E-state index in [0.717, 1.165) is 6.04 Å². The largest absolute Gasteiger partial charge is 0.474 e. The molecule has 1 aliphatic rings. The molecule has 0 spiro atoms. The first-order chi connectivity index (χ1) is 20.4. The van der Waals surface area contributed by atoms with E-state index in [-0.39, 0.29) is 43.6 Å². The number of halogens is 2. The molecular formula is C30H36F2N6O4Si. The maximum atomic E-state index is 14.8. The van der Waals surface area contributed by atoms with Gasteiger partial charge in [0, 0.05) is 43.6 Å². The maximum absolute atomic E-state index is 14.8. The lowest BCUT2D eigenvalue weighted by Gasteiger charge is -2.27. The van der Waals surface area contributed by atoms with Gasteiger partial charge >= 0.3 is 0 Å². The number of aliphatic hydroxyl groups is 1. The van der Waals surface area contributed by atoms with Gasteiger partial charge in [0.25, 0.3) is 6.43 Å². The third-order valence-corrected chi connectivity index (χ3v) is 8.75. The first kappa shape index (κ1) is 30.7. The maximum Gasteiger partial charge on any atom is 0.282 e. The van der Waals surface area contributed by atoms with E-state index in [0.29, 0.717) is 34.5 Å². The van der Waals surface area contributed by atoms with Gasteiger partial charge < -0.3 is 23.9 Å². The van der Waals surface area contributed by atoms with Crippen LogP contribution in [0.2, 0.25) is 25.7 Å². The number of rotatable bonds is 11. The van der Waals surface area contributed by atoms with Crippen LogP contribution in [0.5, 0.6) is 5.88 Å². The van der Waals surface area contributed by atoms with E-state index in [2.05, 4.69) is 40.8 Å². The second-order valence-corrected chi connectivity index (χ2v) is 18.1. The molecule has 0 fully saturated rings. The number of alkyl halides is 2. The smallest absolute Gasteiger partial charge is 0.282 e. The Morgan fingerprint density at radius 1 is 1.19 bits per heavy atom. The van der Waals surface area contributed by atoms with Gasteiger partial charge in [-0.25, -0.2) is 23.4 Å². The van der Waals surface area contributed by atoms with Crippen LogP contribution in [-0.2, 0) is 22.7 Å². The lowest BCUT2D eigenvalue weighted by molar-refractivity contribution is -0.0786. The summed E-state index contributed by atoms with van der Waals surface area (Å²) in [7, 11) is -1.40. The zero-order chi connectivity index (χ0) is 30.9. The summed E-state index contributed by atoms with van der Waals surface area (Å²) in [6.07, 6.45) is -0.289. The van der Waals surface area contributed by atoms with Crippen LogP contribution in [-0.4, -0.2) is 69.0 Å². The highest BCUT2D eigenvalue weighted by atomic mass is 28.3. The standard InChI is InChI=1S/C30H36F2N6O4Si/c1-30(2,39)17-42-19-15-38-29(41-16-19)24(25(36-38)27(31)32)26-23(20-8-6-10-34-22(20)14-33)21-9-7-11-35-28(21)37(26)18-40-12-13-43(3,4)5/h6-11,19,27,39H,12-13,15-18H2,1-5H3. The van der Waals surface area contributed by atoms with Crippen molar-refractivity contribution in [3.63, 3.8) is 0 Å². The highest BCUT2D eigenvalue weighted by Crippen LogP contribution is 2.48. The van der Waals surface area contributed by atoms with E-state index in [4.69, 9.17) is 14.2 Å². The number of pyridine rings is 2. The predicted octanol–water partition coefficient (Wildman–Crippen LogP) is 5.63. The van der Waals surface area contributed by atoms with Gasteiger partial charge in [-0.05, 0) is 44.2 Å². The fraction of sp³-hybridized carbons (Fsp3) is 0.467. The molecule has 5 heterocycles. The first-order valence-corrected chi connectivity index (χ1v) is 17.8.